The summed E-state index contributed by atoms with van der Waals surface area (Å²) < 4.78 is 61.1. The molecule has 0 aliphatic carbocycles. The van der Waals surface area contributed by atoms with Gasteiger partial charge in [0, 0.05) is 24.5 Å². The van der Waals surface area contributed by atoms with E-state index in [2.05, 4.69) is 0 Å². The maximum atomic E-state index is 13.2. The molecule has 160 valence electrons. The lowest BCUT2D eigenvalue weighted by Crippen LogP contribution is -2.18. The molecule has 0 saturated carbocycles. The number of benzene rings is 2. The van der Waals surface area contributed by atoms with Crippen molar-refractivity contribution in [1.82, 2.24) is 0 Å². The molecule has 30 heavy (non-hydrogen) atoms. The lowest BCUT2D eigenvalue weighted by molar-refractivity contribution is -0.137. The average Bonchev–Trinajstić information content (AvgIpc) is 2.75. The molecule has 3 rings (SSSR count). The molecule has 2 aromatic rings. The van der Waals surface area contributed by atoms with Gasteiger partial charge in [-0.2, -0.15) is 13.2 Å². The average molecular weight is 424 g/mol. The van der Waals surface area contributed by atoms with E-state index in [-0.39, 0.29) is 35.8 Å². The molecule has 0 aromatic heterocycles. The number of alkyl halides is 3. The minimum Gasteiger partial charge on any atom is -0.496 e. The number of carbonyl (C=O) groups excluding carboxylic acids is 2. The van der Waals surface area contributed by atoms with Crippen LogP contribution in [0.2, 0.25) is 0 Å². The molecule has 0 saturated heterocycles. The van der Waals surface area contributed by atoms with Gasteiger partial charge < -0.3 is 18.9 Å². The lowest BCUT2D eigenvalue weighted by atomic mass is 9.97. The second kappa shape index (κ2) is 8.64. The fourth-order valence-corrected chi connectivity index (χ4v) is 3.21. The highest BCUT2D eigenvalue weighted by Crippen LogP contribution is 2.47. The fourth-order valence-electron chi connectivity index (χ4n) is 3.21. The number of hydrogen-bond donors (Lipinski definition) is 0. The molecule has 2 aromatic carbocycles. The molecule has 0 spiro atoms. The quantitative estimate of drug-likeness (QED) is 0.616. The van der Waals surface area contributed by atoms with Crippen molar-refractivity contribution in [3.63, 3.8) is 0 Å². The number of methoxy groups -OCH3 is 2. The standard InChI is InChI=1S/C21H19F3O6/c1-27-16-11-17-19(30-10-9-29-17)20(28-2)18(16)15(26)8-7-14(25)12-5-3-4-6-13(12)21(22,23)24/h3-6,11H,7-10H2,1-2H3. The first-order valence-electron chi connectivity index (χ1n) is 9.05. The first-order valence-corrected chi connectivity index (χ1v) is 9.05. The third-order valence-corrected chi connectivity index (χ3v) is 4.57. The third kappa shape index (κ3) is 4.19. The van der Waals surface area contributed by atoms with Crippen LogP contribution < -0.4 is 18.9 Å². The van der Waals surface area contributed by atoms with Gasteiger partial charge in [0.2, 0.25) is 5.75 Å². The molecular weight excluding hydrogens is 405 g/mol. The van der Waals surface area contributed by atoms with E-state index < -0.39 is 35.3 Å². The van der Waals surface area contributed by atoms with Crippen molar-refractivity contribution in [1.29, 1.82) is 0 Å². The summed E-state index contributed by atoms with van der Waals surface area (Å²) in [5.41, 5.74) is -1.46. The third-order valence-electron chi connectivity index (χ3n) is 4.57. The molecule has 0 atom stereocenters. The molecule has 0 radical (unpaired) electrons. The number of fused-ring (bicyclic) bond motifs is 1. The van der Waals surface area contributed by atoms with Gasteiger partial charge >= 0.3 is 6.18 Å². The van der Waals surface area contributed by atoms with E-state index >= 15 is 0 Å². The van der Waals surface area contributed by atoms with Gasteiger partial charge in [0.15, 0.2) is 23.1 Å². The Balaban J connectivity index is 1.86. The van der Waals surface area contributed by atoms with Crippen molar-refractivity contribution in [2.45, 2.75) is 19.0 Å². The molecule has 0 amide bonds. The number of Topliss-reactive ketones (excluding diaryl/α,β-unsaturated/α-hetero) is 2. The first-order chi connectivity index (χ1) is 14.3. The van der Waals surface area contributed by atoms with Crippen LogP contribution in [0.15, 0.2) is 30.3 Å². The van der Waals surface area contributed by atoms with Crippen LogP contribution in [0.5, 0.6) is 23.0 Å². The predicted molar refractivity (Wildman–Crippen MR) is 99.9 cm³/mol. The largest absolute Gasteiger partial charge is 0.496 e. The zero-order chi connectivity index (χ0) is 21.9. The highest BCUT2D eigenvalue weighted by molar-refractivity contribution is 6.06. The van der Waals surface area contributed by atoms with Crippen LogP contribution in [0, 0.1) is 0 Å². The Bertz CT molecular complexity index is 968. The van der Waals surface area contributed by atoms with E-state index in [1.54, 1.807) is 0 Å². The summed E-state index contributed by atoms with van der Waals surface area (Å²) in [6, 6.07) is 5.96. The molecular formula is C21H19F3O6. The summed E-state index contributed by atoms with van der Waals surface area (Å²) in [7, 11) is 2.70. The zero-order valence-corrected chi connectivity index (χ0v) is 16.3. The van der Waals surface area contributed by atoms with E-state index in [9.17, 15) is 22.8 Å². The Morgan fingerprint density at radius 3 is 2.33 bits per heavy atom. The van der Waals surface area contributed by atoms with Gasteiger partial charge in [0.05, 0.1) is 19.8 Å². The summed E-state index contributed by atoms with van der Waals surface area (Å²) in [6.07, 6.45) is -5.41. The van der Waals surface area contributed by atoms with E-state index in [0.717, 1.165) is 12.1 Å². The first kappa shape index (κ1) is 21.5. The van der Waals surface area contributed by atoms with Crippen molar-refractivity contribution in [2.24, 2.45) is 0 Å². The van der Waals surface area contributed by atoms with Crippen molar-refractivity contribution in [2.75, 3.05) is 27.4 Å². The Morgan fingerprint density at radius 2 is 1.67 bits per heavy atom. The number of ketones is 2. The van der Waals surface area contributed by atoms with Crippen LogP contribution in [0.25, 0.3) is 0 Å². The van der Waals surface area contributed by atoms with Crippen LogP contribution in [-0.2, 0) is 6.18 Å². The van der Waals surface area contributed by atoms with Gasteiger partial charge in [-0.1, -0.05) is 18.2 Å². The van der Waals surface area contributed by atoms with Crippen molar-refractivity contribution < 1.29 is 41.7 Å². The Labute approximate surface area is 170 Å². The van der Waals surface area contributed by atoms with Crippen LogP contribution in [0.4, 0.5) is 13.2 Å². The topological polar surface area (TPSA) is 71.1 Å². The van der Waals surface area contributed by atoms with Crippen LogP contribution >= 0.6 is 0 Å². The highest BCUT2D eigenvalue weighted by Gasteiger charge is 2.35. The molecule has 0 bridgehead atoms. The van der Waals surface area contributed by atoms with Crippen LogP contribution in [0.3, 0.4) is 0 Å². The second-order valence-corrected chi connectivity index (χ2v) is 6.40. The number of halogens is 3. The SMILES string of the molecule is COc1cc2c(c(OC)c1C(=O)CCC(=O)c1ccccc1C(F)(F)F)OCCO2. The lowest BCUT2D eigenvalue weighted by Gasteiger charge is -2.23. The molecule has 9 heteroatoms. The van der Waals surface area contributed by atoms with Gasteiger partial charge in [-0.3, -0.25) is 9.59 Å². The minimum absolute atomic E-state index is 0.0427. The summed E-state index contributed by atoms with van der Waals surface area (Å²) in [5.74, 6) is -0.477. The zero-order valence-electron chi connectivity index (χ0n) is 16.3. The van der Waals surface area contributed by atoms with Gasteiger partial charge in [-0.15, -0.1) is 0 Å². The molecule has 1 aliphatic heterocycles. The Kier molecular flexibility index (Phi) is 6.19. The van der Waals surface area contributed by atoms with E-state index in [4.69, 9.17) is 18.9 Å². The number of rotatable bonds is 7. The summed E-state index contributed by atoms with van der Waals surface area (Å²) in [4.78, 5) is 25.3. The van der Waals surface area contributed by atoms with Crippen molar-refractivity contribution in [3.05, 3.63) is 47.0 Å². The second-order valence-electron chi connectivity index (χ2n) is 6.40. The van der Waals surface area contributed by atoms with Crippen molar-refractivity contribution >= 4 is 11.6 Å². The smallest absolute Gasteiger partial charge is 0.417 e. The maximum absolute atomic E-state index is 13.2. The maximum Gasteiger partial charge on any atom is 0.417 e. The van der Waals surface area contributed by atoms with Gasteiger partial charge in [-0.25, -0.2) is 0 Å². The number of hydrogen-bond acceptors (Lipinski definition) is 6. The number of ether oxygens (including phenoxy) is 4. The summed E-state index contributed by atoms with van der Waals surface area (Å²) in [5, 5.41) is 0. The molecule has 1 aliphatic rings. The van der Waals surface area contributed by atoms with Gasteiger partial charge in [-0.05, 0) is 6.07 Å². The van der Waals surface area contributed by atoms with Crippen molar-refractivity contribution in [3.8, 4) is 23.0 Å². The summed E-state index contributed by atoms with van der Waals surface area (Å²) in [6.45, 7) is 0.579. The van der Waals surface area contributed by atoms with Crippen LogP contribution in [-0.4, -0.2) is 39.0 Å². The molecule has 0 N–H and O–H groups in total. The fraction of sp³-hybridized carbons (Fsp3) is 0.333. The Hall–Kier alpha value is -3.23. The minimum atomic E-state index is -4.67. The predicted octanol–water partition coefficient (Wildman–Crippen LogP) is 4.34. The van der Waals surface area contributed by atoms with E-state index in [0.29, 0.717) is 12.4 Å². The van der Waals surface area contributed by atoms with Crippen LogP contribution in [0.1, 0.15) is 39.1 Å². The summed E-state index contributed by atoms with van der Waals surface area (Å²) >= 11 is 0. The van der Waals surface area contributed by atoms with Gasteiger partial charge in [0.25, 0.3) is 0 Å². The highest BCUT2D eigenvalue weighted by atomic mass is 19.4. The Morgan fingerprint density at radius 1 is 1.00 bits per heavy atom. The monoisotopic (exact) mass is 424 g/mol. The van der Waals surface area contributed by atoms with E-state index in [1.807, 2.05) is 0 Å². The van der Waals surface area contributed by atoms with E-state index in [1.165, 1.54) is 32.4 Å². The number of carbonyl (C=O) groups is 2. The molecule has 0 unspecified atom stereocenters. The molecule has 6 nitrogen and oxygen atoms in total. The molecule has 1 heterocycles. The molecule has 0 fully saturated rings. The normalized spacial score (nSPS) is 13.0. The van der Waals surface area contributed by atoms with Gasteiger partial charge in [0.1, 0.15) is 24.5 Å².